The Morgan fingerprint density at radius 3 is 2.46 bits per heavy atom. The maximum absolute atomic E-state index is 12.9. The molecular formula is C19H19NO4. The van der Waals surface area contributed by atoms with Crippen molar-refractivity contribution in [2.24, 2.45) is 0 Å². The first-order valence-electron chi connectivity index (χ1n) is 7.80. The number of carbonyl (C=O) groups is 2. The summed E-state index contributed by atoms with van der Waals surface area (Å²) in [7, 11) is 1.59. The molecule has 5 nitrogen and oxygen atoms in total. The van der Waals surface area contributed by atoms with Crippen molar-refractivity contribution in [3.05, 3.63) is 59.7 Å². The molecule has 1 N–H and O–H groups in total. The van der Waals surface area contributed by atoms with E-state index in [1.165, 1.54) is 0 Å². The molecule has 0 saturated heterocycles. The average Bonchev–Trinajstić information content (AvgIpc) is 3.00. The summed E-state index contributed by atoms with van der Waals surface area (Å²) in [4.78, 5) is 26.0. The smallest absolute Gasteiger partial charge is 0.312 e. The van der Waals surface area contributed by atoms with Crippen molar-refractivity contribution in [3.8, 4) is 5.75 Å². The molecule has 2 aromatic rings. The Kier molecular flexibility index (Phi) is 4.25. The Morgan fingerprint density at radius 2 is 1.83 bits per heavy atom. The molecule has 5 heteroatoms. The predicted molar refractivity (Wildman–Crippen MR) is 90.6 cm³/mol. The van der Waals surface area contributed by atoms with Gasteiger partial charge in [-0.3, -0.25) is 9.59 Å². The highest BCUT2D eigenvalue weighted by Gasteiger charge is 2.37. The van der Waals surface area contributed by atoms with Gasteiger partial charge in [0.05, 0.1) is 13.0 Å². The number of carboxylic acids is 1. The Morgan fingerprint density at radius 1 is 1.17 bits per heavy atom. The zero-order valence-electron chi connectivity index (χ0n) is 13.6. The van der Waals surface area contributed by atoms with Crippen molar-refractivity contribution < 1.29 is 19.4 Å². The monoisotopic (exact) mass is 325 g/mol. The number of methoxy groups -OCH3 is 1. The van der Waals surface area contributed by atoms with Crippen molar-refractivity contribution >= 4 is 17.6 Å². The van der Waals surface area contributed by atoms with Gasteiger partial charge in [-0.1, -0.05) is 30.3 Å². The number of carbonyl (C=O) groups excluding carboxylic acids is 1. The lowest BCUT2D eigenvalue weighted by Crippen LogP contribution is -2.34. The van der Waals surface area contributed by atoms with Gasteiger partial charge in [0.2, 0.25) is 5.91 Å². The Labute approximate surface area is 140 Å². The fourth-order valence-corrected chi connectivity index (χ4v) is 3.10. The molecule has 0 aliphatic carbocycles. The van der Waals surface area contributed by atoms with Crippen molar-refractivity contribution in [1.82, 2.24) is 0 Å². The van der Waals surface area contributed by atoms with Gasteiger partial charge < -0.3 is 14.7 Å². The number of rotatable bonds is 4. The third kappa shape index (κ3) is 2.73. The first-order valence-corrected chi connectivity index (χ1v) is 7.80. The van der Waals surface area contributed by atoms with Crippen LogP contribution < -0.4 is 9.64 Å². The van der Waals surface area contributed by atoms with Gasteiger partial charge >= 0.3 is 5.97 Å². The highest BCUT2D eigenvalue weighted by Crippen LogP contribution is 2.38. The van der Waals surface area contributed by atoms with Crippen molar-refractivity contribution in [2.45, 2.75) is 18.8 Å². The predicted octanol–water partition coefficient (Wildman–Crippen LogP) is 3.01. The number of carboxylic acid groups (broad SMARTS) is 1. The summed E-state index contributed by atoms with van der Waals surface area (Å²) in [5.41, 5.74) is 2.26. The summed E-state index contributed by atoms with van der Waals surface area (Å²) in [6, 6.07) is 14.6. The maximum atomic E-state index is 12.9. The van der Waals surface area contributed by atoms with Gasteiger partial charge in [0.25, 0.3) is 0 Å². The topological polar surface area (TPSA) is 66.8 Å². The molecule has 0 bridgehead atoms. The van der Waals surface area contributed by atoms with E-state index in [0.717, 1.165) is 11.3 Å². The van der Waals surface area contributed by atoms with Gasteiger partial charge in [-0.05, 0) is 36.2 Å². The Balaban J connectivity index is 1.88. The minimum absolute atomic E-state index is 0.101. The molecule has 1 aliphatic heterocycles. The lowest BCUT2D eigenvalue weighted by molar-refractivity contribution is -0.138. The van der Waals surface area contributed by atoms with Crippen LogP contribution >= 0.6 is 0 Å². The fraction of sp³-hybridized carbons (Fsp3) is 0.263. The normalized spacial score (nSPS) is 17.2. The molecule has 24 heavy (non-hydrogen) atoms. The quantitative estimate of drug-likeness (QED) is 0.938. The minimum Gasteiger partial charge on any atom is -0.497 e. The molecule has 0 fully saturated rings. The number of nitrogens with zero attached hydrogens (tertiary/aromatic N) is 1. The first kappa shape index (κ1) is 16.1. The van der Waals surface area contributed by atoms with Crippen LogP contribution in [-0.2, 0) is 9.59 Å². The third-order valence-electron chi connectivity index (χ3n) is 4.52. The van der Waals surface area contributed by atoms with Gasteiger partial charge in [-0.15, -0.1) is 0 Å². The molecule has 0 saturated carbocycles. The number of benzene rings is 2. The third-order valence-corrected chi connectivity index (χ3v) is 4.52. The lowest BCUT2D eigenvalue weighted by atomic mass is 9.99. The van der Waals surface area contributed by atoms with E-state index in [-0.39, 0.29) is 18.4 Å². The molecule has 0 radical (unpaired) electrons. The van der Waals surface area contributed by atoms with E-state index in [1.807, 2.05) is 37.3 Å². The lowest BCUT2D eigenvalue weighted by Gasteiger charge is -2.22. The molecule has 0 aromatic heterocycles. The van der Waals surface area contributed by atoms with Gasteiger partial charge in [0, 0.05) is 12.2 Å². The fourth-order valence-electron chi connectivity index (χ4n) is 3.10. The number of ether oxygens (including phenoxy) is 1. The number of para-hydroxylation sites is 1. The number of amides is 1. The molecule has 2 aromatic carbocycles. The molecule has 0 spiro atoms. The highest BCUT2D eigenvalue weighted by molar-refractivity contribution is 6.02. The van der Waals surface area contributed by atoms with Crippen LogP contribution in [0.3, 0.4) is 0 Å². The maximum Gasteiger partial charge on any atom is 0.312 e. The second-order valence-corrected chi connectivity index (χ2v) is 5.89. The van der Waals surface area contributed by atoms with Gasteiger partial charge in [0.15, 0.2) is 0 Å². The summed E-state index contributed by atoms with van der Waals surface area (Å²) in [5, 5.41) is 9.42. The van der Waals surface area contributed by atoms with Crippen LogP contribution in [0.1, 0.15) is 29.9 Å². The first-order chi connectivity index (χ1) is 11.5. The van der Waals surface area contributed by atoms with E-state index < -0.39 is 11.9 Å². The van der Waals surface area contributed by atoms with Crippen LogP contribution in [0.2, 0.25) is 0 Å². The molecule has 1 aliphatic rings. The number of hydrogen-bond donors (Lipinski definition) is 1. The Hall–Kier alpha value is -2.82. The molecular weight excluding hydrogens is 306 g/mol. The second kappa shape index (κ2) is 6.35. The zero-order valence-corrected chi connectivity index (χ0v) is 13.6. The second-order valence-electron chi connectivity index (χ2n) is 5.89. The Bertz CT molecular complexity index is 769. The molecule has 124 valence electrons. The zero-order chi connectivity index (χ0) is 17.3. The highest BCUT2D eigenvalue weighted by atomic mass is 16.5. The van der Waals surface area contributed by atoms with Crippen LogP contribution in [0, 0.1) is 0 Å². The molecule has 0 unspecified atom stereocenters. The molecule has 2 atom stereocenters. The van der Waals surface area contributed by atoms with Crippen LogP contribution in [0.15, 0.2) is 48.5 Å². The van der Waals surface area contributed by atoms with Crippen molar-refractivity contribution in [2.75, 3.05) is 18.6 Å². The summed E-state index contributed by atoms with van der Waals surface area (Å²) < 4.78 is 5.14. The number of hydrogen-bond acceptors (Lipinski definition) is 3. The average molecular weight is 325 g/mol. The van der Waals surface area contributed by atoms with E-state index in [4.69, 9.17) is 4.74 Å². The van der Waals surface area contributed by atoms with Gasteiger partial charge in [-0.2, -0.15) is 0 Å². The summed E-state index contributed by atoms with van der Waals surface area (Å²) in [6.45, 7) is 2.01. The van der Waals surface area contributed by atoms with E-state index in [0.29, 0.717) is 11.3 Å². The van der Waals surface area contributed by atoms with Crippen molar-refractivity contribution in [3.63, 3.8) is 0 Å². The number of fused-ring (bicyclic) bond motifs is 1. The minimum atomic E-state index is -0.908. The van der Waals surface area contributed by atoms with Crippen LogP contribution in [0.5, 0.6) is 5.75 Å². The standard InChI is InChI=1S/C19H19NO4/c1-12(13-7-9-14(24-2)10-8-13)18(21)20-11-16(19(22)23)15-5-3-4-6-17(15)20/h3-10,12,16H,11H2,1-2H3,(H,22,23)/t12-,16+/m0/s1. The van der Waals surface area contributed by atoms with E-state index in [2.05, 4.69) is 0 Å². The summed E-state index contributed by atoms with van der Waals surface area (Å²) in [5.74, 6) is -1.31. The van der Waals surface area contributed by atoms with Crippen LogP contribution in [-0.4, -0.2) is 30.6 Å². The molecule has 3 rings (SSSR count). The van der Waals surface area contributed by atoms with Gasteiger partial charge in [-0.25, -0.2) is 0 Å². The summed E-state index contributed by atoms with van der Waals surface area (Å²) in [6.07, 6.45) is 0. The molecule has 1 amide bonds. The SMILES string of the molecule is COc1ccc([C@H](C)C(=O)N2C[C@@H](C(=O)O)c3ccccc32)cc1. The van der Waals surface area contributed by atoms with Crippen molar-refractivity contribution in [1.29, 1.82) is 0 Å². The largest absolute Gasteiger partial charge is 0.497 e. The van der Waals surface area contributed by atoms with E-state index in [9.17, 15) is 14.7 Å². The molecule has 1 heterocycles. The van der Waals surface area contributed by atoms with E-state index in [1.54, 1.807) is 30.2 Å². The number of aliphatic carboxylic acids is 1. The van der Waals surface area contributed by atoms with Crippen LogP contribution in [0.25, 0.3) is 0 Å². The van der Waals surface area contributed by atoms with Crippen LogP contribution in [0.4, 0.5) is 5.69 Å². The summed E-state index contributed by atoms with van der Waals surface area (Å²) >= 11 is 0. The van der Waals surface area contributed by atoms with Gasteiger partial charge in [0.1, 0.15) is 11.7 Å². The van der Waals surface area contributed by atoms with E-state index >= 15 is 0 Å². The number of anilines is 1.